The number of hydrogen-bond acceptors (Lipinski definition) is 4. The Labute approximate surface area is 162 Å². The normalized spacial score (nSPS) is 13.7. The van der Waals surface area contributed by atoms with Gasteiger partial charge in [0.25, 0.3) is 0 Å². The topological polar surface area (TPSA) is 92.8 Å². The largest absolute Gasteiger partial charge is 0.469 e. The summed E-state index contributed by atoms with van der Waals surface area (Å²) in [5.74, 6) is 6.01. The molecule has 0 radical (unpaired) electrons. The van der Waals surface area contributed by atoms with E-state index < -0.39 is 13.4 Å². The standard InChI is InChI=1S/C19H23FNO4PS/c1-19(21,14-25-26(22,23)24)13-12-18-11-10-17(27-18)5-3-2-4-15-6-8-16(20)9-7-15/h6-11H,2,4,12-14,21H2,1H3,(H2,22,23,24). The molecule has 1 heterocycles. The van der Waals surface area contributed by atoms with Crippen molar-refractivity contribution < 1.29 is 23.3 Å². The minimum atomic E-state index is -4.51. The summed E-state index contributed by atoms with van der Waals surface area (Å²) in [5, 5.41) is 0. The predicted molar refractivity (Wildman–Crippen MR) is 105 cm³/mol. The highest BCUT2D eigenvalue weighted by atomic mass is 32.1. The average Bonchev–Trinajstić information content (AvgIpc) is 3.04. The predicted octanol–water partition coefficient (Wildman–Crippen LogP) is 3.63. The van der Waals surface area contributed by atoms with Crippen LogP contribution in [0.25, 0.3) is 0 Å². The average molecular weight is 411 g/mol. The quantitative estimate of drug-likeness (QED) is 0.456. The van der Waals surface area contributed by atoms with Gasteiger partial charge >= 0.3 is 7.82 Å². The van der Waals surface area contributed by atoms with Gasteiger partial charge in [-0.05, 0) is 56.0 Å². The number of rotatable bonds is 8. The van der Waals surface area contributed by atoms with E-state index in [2.05, 4.69) is 16.4 Å². The van der Waals surface area contributed by atoms with E-state index in [0.29, 0.717) is 19.3 Å². The molecule has 0 saturated carbocycles. The molecule has 0 bridgehead atoms. The van der Waals surface area contributed by atoms with E-state index in [4.69, 9.17) is 15.5 Å². The Balaban J connectivity index is 1.79. The molecule has 1 atom stereocenters. The molecule has 4 N–H and O–H groups in total. The summed E-state index contributed by atoms with van der Waals surface area (Å²) >= 11 is 1.57. The van der Waals surface area contributed by atoms with E-state index in [1.807, 2.05) is 12.1 Å². The molecule has 0 amide bonds. The molecule has 2 rings (SSSR count). The van der Waals surface area contributed by atoms with Crippen molar-refractivity contribution in [3.8, 4) is 11.8 Å². The SMILES string of the molecule is CC(N)(CCc1ccc(C#CCCc2ccc(F)cc2)s1)COP(=O)(O)O. The van der Waals surface area contributed by atoms with Crippen LogP contribution in [0.2, 0.25) is 0 Å². The van der Waals surface area contributed by atoms with Crippen molar-refractivity contribution in [3.05, 3.63) is 57.5 Å². The fourth-order valence-electron chi connectivity index (χ4n) is 2.30. The highest BCUT2D eigenvalue weighted by Gasteiger charge is 2.24. The summed E-state index contributed by atoms with van der Waals surface area (Å²) in [5.41, 5.74) is 6.25. The summed E-state index contributed by atoms with van der Waals surface area (Å²) in [6.07, 6.45) is 2.68. The molecule has 0 spiro atoms. The molecule has 1 unspecified atom stereocenters. The van der Waals surface area contributed by atoms with Gasteiger partial charge < -0.3 is 15.5 Å². The zero-order chi connectivity index (χ0) is 19.9. The summed E-state index contributed by atoms with van der Waals surface area (Å²) < 4.78 is 28.1. The number of thiophene rings is 1. The maximum Gasteiger partial charge on any atom is 0.469 e. The van der Waals surface area contributed by atoms with E-state index in [0.717, 1.165) is 21.7 Å². The molecule has 0 aliphatic carbocycles. The maximum atomic E-state index is 12.9. The van der Waals surface area contributed by atoms with Crippen LogP contribution in [0.5, 0.6) is 0 Å². The molecule has 146 valence electrons. The number of nitrogens with two attached hydrogens (primary N) is 1. The van der Waals surface area contributed by atoms with Crippen molar-refractivity contribution in [2.24, 2.45) is 5.73 Å². The summed E-state index contributed by atoms with van der Waals surface area (Å²) in [6.45, 7) is 1.49. The van der Waals surface area contributed by atoms with E-state index in [1.165, 1.54) is 12.1 Å². The third-order valence-corrected chi connectivity index (χ3v) is 5.36. The van der Waals surface area contributed by atoms with Crippen molar-refractivity contribution in [2.45, 2.75) is 38.1 Å². The van der Waals surface area contributed by atoms with Crippen molar-refractivity contribution in [1.29, 1.82) is 0 Å². The fraction of sp³-hybridized carbons (Fsp3) is 0.368. The molecular weight excluding hydrogens is 388 g/mol. The Morgan fingerprint density at radius 1 is 1.22 bits per heavy atom. The molecule has 1 aromatic carbocycles. The van der Waals surface area contributed by atoms with Gasteiger partial charge in [0.05, 0.1) is 11.5 Å². The zero-order valence-electron chi connectivity index (χ0n) is 15.0. The number of halogens is 1. The minimum Gasteiger partial charge on any atom is -0.323 e. The number of benzene rings is 1. The van der Waals surface area contributed by atoms with Gasteiger partial charge in [-0.15, -0.1) is 11.3 Å². The Bertz CT molecular complexity index is 849. The van der Waals surface area contributed by atoms with E-state index >= 15 is 0 Å². The lowest BCUT2D eigenvalue weighted by atomic mass is 9.98. The highest BCUT2D eigenvalue weighted by molar-refractivity contribution is 7.46. The first-order valence-corrected chi connectivity index (χ1v) is 10.8. The second kappa shape index (κ2) is 9.61. The van der Waals surface area contributed by atoms with Gasteiger partial charge in [-0.1, -0.05) is 24.0 Å². The molecule has 0 fully saturated rings. The lowest BCUT2D eigenvalue weighted by molar-refractivity contribution is 0.154. The van der Waals surface area contributed by atoms with Gasteiger partial charge in [-0.25, -0.2) is 8.96 Å². The maximum absolute atomic E-state index is 12.9. The summed E-state index contributed by atoms with van der Waals surface area (Å²) in [7, 11) is -4.51. The first kappa shape index (κ1) is 21.8. The highest BCUT2D eigenvalue weighted by Crippen LogP contribution is 2.37. The molecule has 0 saturated heterocycles. The second-order valence-corrected chi connectivity index (χ2v) is 9.02. The Morgan fingerprint density at radius 2 is 1.93 bits per heavy atom. The van der Waals surface area contributed by atoms with E-state index in [-0.39, 0.29) is 12.4 Å². The van der Waals surface area contributed by atoms with Crippen LogP contribution in [0.3, 0.4) is 0 Å². The molecule has 27 heavy (non-hydrogen) atoms. The molecule has 2 aromatic rings. The van der Waals surface area contributed by atoms with Crippen molar-refractivity contribution in [3.63, 3.8) is 0 Å². The van der Waals surface area contributed by atoms with Gasteiger partial charge in [-0.2, -0.15) is 0 Å². The van der Waals surface area contributed by atoms with Crippen LogP contribution in [-0.4, -0.2) is 21.9 Å². The third kappa shape index (κ3) is 8.81. The number of aryl methyl sites for hydroxylation is 2. The summed E-state index contributed by atoms with van der Waals surface area (Å²) in [4.78, 5) is 19.6. The van der Waals surface area contributed by atoms with Crippen LogP contribution < -0.4 is 5.73 Å². The summed E-state index contributed by atoms with van der Waals surface area (Å²) in [6, 6.07) is 10.4. The van der Waals surface area contributed by atoms with Crippen LogP contribution in [0, 0.1) is 17.7 Å². The number of phosphoric ester groups is 1. The van der Waals surface area contributed by atoms with Crippen LogP contribution in [0.15, 0.2) is 36.4 Å². The molecule has 0 aliphatic rings. The lowest BCUT2D eigenvalue weighted by Gasteiger charge is -2.24. The van der Waals surface area contributed by atoms with Gasteiger partial charge in [0.2, 0.25) is 0 Å². The van der Waals surface area contributed by atoms with Crippen molar-refractivity contribution >= 4 is 19.2 Å². The Kier molecular flexibility index (Phi) is 7.75. The first-order chi connectivity index (χ1) is 12.6. The minimum absolute atomic E-state index is 0.210. The van der Waals surface area contributed by atoms with Gasteiger partial charge in [-0.3, -0.25) is 4.52 Å². The van der Waals surface area contributed by atoms with E-state index in [9.17, 15) is 8.96 Å². The Morgan fingerprint density at radius 3 is 2.59 bits per heavy atom. The van der Waals surface area contributed by atoms with Crippen LogP contribution in [0.1, 0.15) is 35.1 Å². The molecular formula is C19H23FNO4PS. The van der Waals surface area contributed by atoms with Gasteiger partial charge in [0.15, 0.2) is 0 Å². The molecule has 5 nitrogen and oxygen atoms in total. The number of hydrogen-bond donors (Lipinski definition) is 3. The molecule has 8 heteroatoms. The third-order valence-electron chi connectivity index (χ3n) is 3.83. The van der Waals surface area contributed by atoms with Gasteiger partial charge in [0.1, 0.15) is 5.82 Å². The fourth-order valence-corrected chi connectivity index (χ4v) is 3.64. The van der Waals surface area contributed by atoms with Crippen LogP contribution in [-0.2, 0) is 21.9 Å². The lowest BCUT2D eigenvalue weighted by Crippen LogP contribution is -2.41. The molecule has 0 aliphatic heterocycles. The molecule has 1 aromatic heterocycles. The monoisotopic (exact) mass is 411 g/mol. The van der Waals surface area contributed by atoms with Crippen molar-refractivity contribution in [2.75, 3.05) is 6.61 Å². The smallest absolute Gasteiger partial charge is 0.323 e. The van der Waals surface area contributed by atoms with Gasteiger partial charge in [0, 0.05) is 16.8 Å². The Hall–Kier alpha value is -1.52. The second-order valence-electron chi connectivity index (χ2n) is 6.61. The number of phosphoric acid groups is 1. The van der Waals surface area contributed by atoms with E-state index in [1.54, 1.807) is 30.4 Å². The first-order valence-electron chi connectivity index (χ1n) is 8.44. The van der Waals surface area contributed by atoms with Crippen molar-refractivity contribution in [1.82, 2.24) is 0 Å². The van der Waals surface area contributed by atoms with Crippen LogP contribution >= 0.6 is 19.2 Å². The zero-order valence-corrected chi connectivity index (χ0v) is 16.7. The van der Waals surface area contributed by atoms with Crippen LogP contribution in [0.4, 0.5) is 4.39 Å².